The fourth-order valence-electron chi connectivity index (χ4n) is 3.18. The van der Waals surface area contributed by atoms with Crippen LogP contribution in [0.3, 0.4) is 0 Å². The van der Waals surface area contributed by atoms with Gasteiger partial charge in [0.25, 0.3) is 0 Å². The summed E-state index contributed by atoms with van der Waals surface area (Å²) in [5.74, 6) is 0.968. The smallest absolute Gasteiger partial charge is 0.234 e. The number of carbonyl (C=O) groups excluding carboxylic acids is 1. The van der Waals surface area contributed by atoms with Gasteiger partial charge in [-0.3, -0.25) is 4.79 Å². The number of carbonyl (C=O) groups is 1. The van der Waals surface area contributed by atoms with Crippen LogP contribution < -0.4 is 9.64 Å². The van der Waals surface area contributed by atoms with Crippen molar-refractivity contribution in [1.29, 1.82) is 0 Å². The van der Waals surface area contributed by atoms with Crippen LogP contribution in [-0.2, 0) is 4.79 Å². The molecule has 2 atom stereocenters. The summed E-state index contributed by atoms with van der Waals surface area (Å²) < 4.78 is 5.20. The van der Waals surface area contributed by atoms with Crippen molar-refractivity contribution in [2.24, 2.45) is 5.92 Å². The second kappa shape index (κ2) is 6.42. The van der Waals surface area contributed by atoms with Crippen LogP contribution in [0.25, 0.3) is 0 Å². The van der Waals surface area contributed by atoms with Gasteiger partial charge in [0.1, 0.15) is 5.75 Å². The predicted octanol–water partition coefficient (Wildman–Crippen LogP) is 2.96. The maximum atomic E-state index is 12.7. The van der Waals surface area contributed by atoms with Crippen LogP contribution in [0.1, 0.15) is 11.6 Å². The summed E-state index contributed by atoms with van der Waals surface area (Å²) in [4.78, 5) is 16.7. The summed E-state index contributed by atoms with van der Waals surface area (Å²) in [6.45, 7) is 0.755. The Labute approximate surface area is 137 Å². The summed E-state index contributed by atoms with van der Waals surface area (Å²) >= 11 is 0. The minimum Gasteiger partial charge on any atom is -0.497 e. The van der Waals surface area contributed by atoms with Gasteiger partial charge in [-0.15, -0.1) is 0 Å². The number of rotatable bonds is 5. The molecule has 1 aliphatic rings. The third-order valence-corrected chi connectivity index (χ3v) is 4.27. The molecule has 1 saturated heterocycles. The van der Waals surface area contributed by atoms with Gasteiger partial charge in [-0.1, -0.05) is 30.3 Å². The first kappa shape index (κ1) is 15.6. The van der Waals surface area contributed by atoms with Crippen LogP contribution in [0.15, 0.2) is 54.6 Å². The van der Waals surface area contributed by atoms with Gasteiger partial charge in [0.2, 0.25) is 5.91 Å². The molecule has 4 nitrogen and oxygen atoms in total. The van der Waals surface area contributed by atoms with Gasteiger partial charge in [-0.2, -0.15) is 0 Å². The molecule has 0 spiro atoms. The zero-order chi connectivity index (χ0) is 16.4. The van der Waals surface area contributed by atoms with Crippen LogP contribution in [0.2, 0.25) is 0 Å². The summed E-state index contributed by atoms with van der Waals surface area (Å²) in [7, 11) is 5.65. The molecule has 2 unspecified atom stereocenters. The minimum absolute atomic E-state index is 0.00509. The lowest BCUT2D eigenvalue weighted by atomic mass is 9.81. The third-order valence-electron chi connectivity index (χ3n) is 4.27. The quantitative estimate of drug-likeness (QED) is 0.796. The standard InChI is InChI=1S/C19H22N2O2/c1-20(2)13-17-18(14-7-5-4-6-8-14)21(19(17)22)15-9-11-16(23-3)12-10-15/h4-12,17-18H,13H2,1-3H3. The molecule has 0 radical (unpaired) electrons. The highest BCUT2D eigenvalue weighted by atomic mass is 16.5. The van der Waals surface area contributed by atoms with E-state index in [1.54, 1.807) is 7.11 Å². The number of nitrogens with zero attached hydrogens (tertiary/aromatic N) is 2. The van der Waals surface area contributed by atoms with Crippen molar-refractivity contribution in [3.8, 4) is 5.75 Å². The molecule has 0 saturated carbocycles. The first-order valence-electron chi connectivity index (χ1n) is 7.78. The molecule has 1 amide bonds. The number of ether oxygens (including phenoxy) is 1. The van der Waals surface area contributed by atoms with Crippen molar-refractivity contribution in [3.05, 3.63) is 60.2 Å². The Morgan fingerprint density at radius 2 is 1.70 bits per heavy atom. The summed E-state index contributed by atoms with van der Waals surface area (Å²) in [6.07, 6.45) is 0. The Kier molecular flexibility index (Phi) is 4.35. The van der Waals surface area contributed by atoms with Crippen molar-refractivity contribution in [2.75, 3.05) is 32.6 Å². The van der Waals surface area contributed by atoms with Crippen LogP contribution >= 0.6 is 0 Å². The fourth-order valence-corrected chi connectivity index (χ4v) is 3.18. The van der Waals surface area contributed by atoms with E-state index in [0.29, 0.717) is 0 Å². The van der Waals surface area contributed by atoms with Crippen molar-refractivity contribution < 1.29 is 9.53 Å². The molecule has 0 aliphatic carbocycles. The van der Waals surface area contributed by atoms with Gasteiger partial charge in [0, 0.05) is 12.2 Å². The molecule has 2 aromatic rings. The number of anilines is 1. The molecule has 23 heavy (non-hydrogen) atoms. The van der Waals surface area contributed by atoms with Gasteiger partial charge < -0.3 is 14.5 Å². The minimum atomic E-state index is -0.00509. The first-order valence-corrected chi connectivity index (χ1v) is 7.78. The highest BCUT2D eigenvalue weighted by Gasteiger charge is 2.48. The lowest BCUT2D eigenvalue weighted by Gasteiger charge is -2.48. The van der Waals surface area contributed by atoms with Crippen molar-refractivity contribution in [2.45, 2.75) is 6.04 Å². The number of amides is 1. The Hall–Kier alpha value is -2.33. The van der Waals surface area contributed by atoms with E-state index in [9.17, 15) is 4.79 Å². The van der Waals surface area contributed by atoms with E-state index >= 15 is 0 Å². The largest absolute Gasteiger partial charge is 0.497 e. The molecule has 0 N–H and O–H groups in total. The zero-order valence-electron chi connectivity index (χ0n) is 13.8. The molecular weight excluding hydrogens is 288 g/mol. The van der Waals surface area contributed by atoms with E-state index in [2.05, 4.69) is 17.0 Å². The average Bonchev–Trinajstić information content (AvgIpc) is 2.58. The van der Waals surface area contributed by atoms with Crippen LogP contribution in [0.4, 0.5) is 5.69 Å². The normalized spacial score (nSPS) is 20.5. The monoisotopic (exact) mass is 310 g/mol. The zero-order valence-corrected chi connectivity index (χ0v) is 13.8. The number of hydrogen-bond donors (Lipinski definition) is 0. The van der Waals surface area contributed by atoms with E-state index in [-0.39, 0.29) is 17.9 Å². The van der Waals surface area contributed by atoms with Crippen LogP contribution in [-0.4, -0.2) is 38.6 Å². The molecule has 1 aliphatic heterocycles. The van der Waals surface area contributed by atoms with E-state index in [0.717, 1.165) is 18.0 Å². The topological polar surface area (TPSA) is 32.8 Å². The highest BCUT2D eigenvalue weighted by molar-refractivity contribution is 6.03. The molecule has 1 fully saturated rings. The van der Waals surface area contributed by atoms with Crippen molar-refractivity contribution in [3.63, 3.8) is 0 Å². The molecule has 1 heterocycles. The van der Waals surface area contributed by atoms with E-state index in [1.807, 2.05) is 61.5 Å². The maximum Gasteiger partial charge on any atom is 0.234 e. The number of methoxy groups -OCH3 is 1. The van der Waals surface area contributed by atoms with Crippen LogP contribution in [0.5, 0.6) is 5.75 Å². The van der Waals surface area contributed by atoms with Gasteiger partial charge in [-0.25, -0.2) is 0 Å². The van der Waals surface area contributed by atoms with E-state index in [1.165, 1.54) is 5.56 Å². The SMILES string of the molecule is COc1ccc(N2C(=O)C(CN(C)C)C2c2ccccc2)cc1. The predicted molar refractivity (Wildman–Crippen MR) is 91.7 cm³/mol. The maximum absolute atomic E-state index is 12.7. The number of hydrogen-bond acceptors (Lipinski definition) is 3. The molecule has 0 aromatic heterocycles. The third kappa shape index (κ3) is 2.94. The second-order valence-corrected chi connectivity index (χ2v) is 6.13. The van der Waals surface area contributed by atoms with Gasteiger partial charge >= 0.3 is 0 Å². The molecule has 4 heteroatoms. The van der Waals surface area contributed by atoms with Gasteiger partial charge in [-0.05, 0) is 43.9 Å². The van der Waals surface area contributed by atoms with Crippen LogP contribution in [0, 0.1) is 5.92 Å². The molecule has 2 aromatic carbocycles. The molecular formula is C19H22N2O2. The van der Waals surface area contributed by atoms with E-state index in [4.69, 9.17) is 4.74 Å². The molecule has 120 valence electrons. The molecule has 0 bridgehead atoms. The van der Waals surface area contributed by atoms with E-state index < -0.39 is 0 Å². The van der Waals surface area contributed by atoms with Gasteiger partial charge in [0.15, 0.2) is 0 Å². The lowest BCUT2D eigenvalue weighted by Crippen LogP contribution is -2.58. The van der Waals surface area contributed by atoms with Gasteiger partial charge in [0.05, 0.1) is 19.1 Å². The summed E-state index contributed by atoms with van der Waals surface area (Å²) in [5, 5.41) is 0. The molecule has 3 rings (SSSR count). The Balaban J connectivity index is 1.92. The lowest BCUT2D eigenvalue weighted by molar-refractivity contribution is -0.131. The fraction of sp³-hybridized carbons (Fsp3) is 0.316. The second-order valence-electron chi connectivity index (χ2n) is 6.13. The number of benzene rings is 2. The highest BCUT2D eigenvalue weighted by Crippen LogP contribution is 2.43. The van der Waals surface area contributed by atoms with Crippen molar-refractivity contribution in [1.82, 2.24) is 4.90 Å². The first-order chi connectivity index (χ1) is 11.1. The Morgan fingerprint density at radius 3 is 2.26 bits per heavy atom. The Morgan fingerprint density at radius 1 is 1.04 bits per heavy atom. The Bertz CT molecular complexity index is 668. The number of β-lactam (4-membered cyclic amide) rings is 1. The summed E-state index contributed by atoms with van der Waals surface area (Å²) in [5.41, 5.74) is 2.09. The van der Waals surface area contributed by atoms with Crippen molar-refractivity contribution >= 4 is 11.6 Å². The summed E-state index contributed by atoms with van der Waals surface area (Å²) in [6, 6.07) is 18.0. The average molecular weight is 310 g/mol.